The van der Waals surface area contributed by atoms with Crippen LogP contribution in [0.3, 0.4) is 0 Å². The third-order valence-electron chi connectivity index (χ3n) is 4.26. The summed E-state index contributed by atoms with van der Waals surface area (Å²) in [5, 5.41) is 14.6. The van der Waals surface area contributed by atoms with Crippen LogP contribution in [0.25, 0.3) is 0 Å². The molecule has 6 heteroatoms. The zero-order chi connectivity index (χ0) is 17.6. The fourth-order valence-electron chi connectivity index (χ4n) is 2.58. The maximum Gasteiger partial charge on any atom is 0.319 e. The van der Waals surface area contributed by atoms with E-state index in [1.165, 1.54) is 12.1 Å². The molecule has 2 aromatic rings. The Labute approximate surface area is 145 Å². The number of aliphatic hydroxyl groups excluding tert-OH is 1. The molecule has 1 saturated carbocycles. The molecule has 0 radical (unpaired) electrons. The Morgan fingerprint density at radius 1 is 1.20 bits per heavy atom. The van der Waals surface area contributed by atoms with E-state index in [1.54, 1.807) is 12.1 Å². The van der Waals surface area contributed by atoms with Crippen molar-refractivity contribution >= 4 is 11.7 Å². The van der Waals surface area contributed by atoms with Crippen LogP contribution in [-0.2, 0) is 13.2 Å². The molecule has 132 valence electrons. The van der Waals surface area contributed by atoms with E-state index >= 15 is 0 Å². The number of aliphatic hydroxyl groups is 1. The van der Waals surface area contributed by atoms with Crippen molar-refractivity contribution in [3.05, 3.63) is 59.4 Å². The van der Waals surface area contributed by atoms with Gasteiger partial charge >= 0.3 is 6.03 Å². The van der Waals surface area contributed by atoms with Crippen LogP contribution in [-0.4, -0.2) is 17.2 Å². The molecule has 1 fully saturated rings. The lowest BCUT2D eigenvalue weighted by Gasteiger charge is -2.26. The van der Waals surface area contributed by atoms with Crippen LogP contribution in [0.5, 0.6) is 5.75 Å². The minimum atomic E-state index is -0.490. The van der Waals surface area contributed by atoms with Crippen molar-refractivity contribution in [1.29, 1.82) is 0 Å². The quantitative estimate of drug-likeness (QED) is 0.750. The third-order valence-corrected chi connectivity index (χ3v) is 4.26. The van der Waals surface area contributed by atoms with Crippen LogP contribution in [0.2, 0.25) is 0 Å². The molecule has 0 atom stereocenters. The van der Waals surface area contributed by atoms with Gasteiger partial charge in [0, 0.05) is 18.3 Å². The highest BCUT2D eigenvalue weighted by molar-refractivity contribution is 5.89. The maximum absolute atomic E-state index is 14.0. The molecular formula is C19H21FN2O3. The molecule has 0 bridgehead atoms. The average molecular weight is 344 g/mol. The molecule has 2 aromatic carbocycles. The number of anilines is 1. The number of ether oxygens (including phenoxy) is 1. The molecule has 1 aliphatic carbocycles. The second-order valence-electron chi connectivity index (χ2n) is 6.05. The van der Waals surface area contributed by atoms with E-state index in [4.69, 9.17) is 4.74 Å². The van der Waals surface area contributed by atoms with Crippen molar-refractivity contribution in [2.75, 3.05) is 5.32 Å². The smallest absolute Gasteiger partial charge is 0.319 e. The van der Waals surface area contributed by atoms with Crippen molar-refractivity contribution in [3.8, 4) is 5.75 Å². The van der Waals surface area contributed by atoms with E-state index in [2.05, 4.69) is 10.6 Å². The zero-order valence-electron chi connectivity index (χ0n) is 13.8. The highest BCUT2D eigenvalue weighted by Crippen LogP contribution is 2.28. The van der Waals surface area contributed by atoms with E-state index < -0.39 is 11.8 Å². The summed E-state index contributed by atoms with van der Waals surface area (Å²) in [7, 11) is 0. The molecule has 3 rings (SSSR count). The van der Waals surface area contributed by atoms with Crippen LogP contribution >= 0.6 is 0 Å². The van der Waals surface area contributed by atoms with Crippen LogP contribution in [0.15, 0.2) is 42.5 Å². The lowest BCUT2D eigenvalue weighted by molar-refractivity contribution is 0.115. The second-order valence-corrected chi connectivity index (χ2v) is 6.05. The van der Waals surface area contributed by atoms with Gasteiger partial charge in [0.15, 0.2) is 11.6 Å². The van der Waals surface area contributed by atoms with Gasteiger partial charge in [-0.1, -0.05) is 24.3 Å². The van der Waals surface area contributed by atoms with Gasteiger partial charge in [0.05, 0.1) is 12.7 Å². The van der Waals surface area contributed by atoms with Gasteiger partial charge in [0.1, 0.15) is 0 Å². The average Bonchev–Trinajstić information content (AvgIpc) is 2.58. The Balaban J connectivity index is 1.54. The normalized spacial score (nSPS) is 13.8. The number of amides is 2. The highest BCUT2D eigenvalue weighted by Gasteiger charge is 2.20. The number of hydrogen-bond acceptors (Lipinski definition) is 3. The van der Waals surface area contributed by atoms with Crippen molar-refractivity contribution in [2.24, 2.45) is 0 Å². The van der Waals surface area contributed by atoms with Crippen LogP contribution in [0.1, 0.15) is 30.4 Å². The van der Waals surface area contributed by atoms with Gasteiger partial charge in [-0.3, -0.25) is 0 Å². The summed E-state index contributed by atoms with van der Waals surface area (Å²) < 4.78 is 19.6. The highest BCUT2D eigenvalue weighted by atomic mass is 19.1. The van der Waals surface area contributed by atoms with Gasteiger partial charge < -0.3 is 20.5 Å². The van der Waals surface area contributed by atoms with Gasteiger partial charge in [-0.05, 0) is 42.5 Å². The zero-order valence-corrected chi connectivity index (χ0v) is 13.8. The standard InChI is InChI=1S/C19H21FN2O3/c20-17-10-15(8-9-18(17)25-16-6-3-7-16)22-19(24)21-11-13-4-1-2-5-14(13)12-23/h1-2,4-5,8-10,16,23H,3,6-7,11-12H2,(H2,21,22,24). The number of rotatable bonds is 6. The molecular weight excluding hydrogens is 323 g/mol. The first kappa shape index (κ1) is 17.2. The number of urea groups is 1. The first-order valence-electron chi connectivity index (χ1n) is 8.34. The number of carbonyl (C=O) groups is 1. The first-order valence-corrected chi connectivity index (χ1v) is 8.34. The molecule has 0 saturated heterocycles. The van der Waals surface area contributed by atoms with Gasteiger partial charge in [0.25, 0.3) is 0 Å². The molecule has 0 spiro atoms. The Morgan fingerprint density at radius 3 is 2.60 bits per heavy atom. The van der Waals surface area contributed by atoms with E-state index in [9.17, 15) is 14.3 Å². The summed E-state index contributed by atoms with van der Waals surface area (Å²) >= 11 is 0. The van der Waals surface area contributed by atoms with E-state index in [1.807, 2.05) is 18.2 Å². The molecule has 0 aliphatic heterocycles. The third kappa shape index (κ3) is 4.48. The minimum absolute atomic E-state index is 0.0901. The lowest BCUT2D eigenvalue weighted by atomic mass is 9.96. The predicted octanol–water partition coefficient (Wildman–Crippen LogP) is 3.57. The SMILES string of the molecule is O=C(NCc1ccccc1CO)Nc1ccc(OC2CCC2)c(F)c1. The second kappa shape index (κ2) is 7.98. The molecule has 5 nitrogen and oxygen atoms in total. The van der Waals surface area contributed by atoms with Crippen LogP contribution in [0.4, 0.5) is 14.9 Å². The largest absolute Gasteiger partial charge is 0.487 e. The fourth-order valence-corrected chi connectivity index (χ4v) is 2.58. The molecule has 1 aliphatic rings. The minimum Gasteiger partial charge on any atom is -0.487 e. The monoisotopic (exact) mass is 344 g/mol. The number of benzene rings is 2. The van der Waals surface area contributed by atoms with Gasteiger partial charge in [-0.2, -0.15) is 0 Å². The van der Waals surface area contributed by atoms with E-state index in [0.717, 1.165) is 30.4 Å². The van der Waals surface area contributed by atoms with Crippen LogP contribution < -0.4 is 15.4 Å². The Hall–Kier alpha value is -2.60. The summed E-state index contributed by atoms with van der Waals surface area (Å²) in [5.41, 5.74) is 1.94. The number of nitrogens with one attached hydrogen (secondary N) is 2. The van der Waals surface area contributed by atoms with E-state index in [0.29, 0.717) is 5.69 Å². The first-order chi connectivity index (χ1) is 12.2. The number of hydrogen-bond donors (Lipinski definition) is 3. The van der Waals surface area contributed by atoms with E-state index in [-0.39, 0.29) is 25.0 Å². The molecule has 3 N–H and O–H groups in total. The fraction of sp³-hybridized carbons (Fsp3) is 0.316. The molecule has 25 heavy (non-hydrogen) atoms. The Kier molecular flexibility index (Phi) is 5.50. The summed E-state index contributed by atoms with van der Waals surface area (Å²) in [6, 6.07) is 11.2. The summed E-state index contributed by atoms with van der Waals surface area (Å²) in [6.45, 7) is 0.182. The number of halogens is 1. The Bertz CT molecular complexity index is 747. The molecule has 0 heterocycles. The maximum atomic E-state index is 14.0. The molecule has 0 unspecified atom stereocenters. The molecule has 0 aromatic heterocycles. The molecule has 2 amide bonds. The summed E-state index contributed by atoms with van der Waals surface area (Å²) in [5.74, 6) is -0.275. The van der Waals surface area contributed by atoms with Crippen molar-refractivity contribution in [2.45, 2.75) is 38.5 Å². The van der Waals surface area contributed by atoms with Crippen molar-refractivity contribution in [3.63, 3.8) is 0 Å². The topological polar surface area (TPSA) is 70.6 Å². The van der Waals surface area contributed by atoms with Crippen LogP contribution in [0, 0.1) is 5.82 Å². The van der Waals surface area contributed by atoms with Gasteiger partial charge in [-0.25, -0.2) is 9.18 Å². The van der Waals surface area contributed by atoms with Crippen molar-refractivity contribution < 1.29 is 19.0 Å². The summed E-state index contributed by atoms with van der Waals surface area (Å²) in [6.07, 6.45) is 3.13. The lowest BCUT2D eigenvalue weighted by Crippen LogP contribution is -2.28. The number of carbonyl (C=O) groups excluding carboxylic acids is 1. The van der Waals surface area contributed by atoms with Gasteiger partial charge in [0.2, 0.25) is 0 Å². The predicted molar refractivity (Wildman–Crippen MR) is 92.9 cm³/mol. The van der Waals surface area contributed by atoms with Gasteiger partial charge in [-0.15, -0.1) is 0 Å². The Morgan fingerprint density at radius 2 is 1.96 bits per heavy atom. The van der Waals surface area contributed by atoms with Crippen molar-refractivity contribution in [1.82, 2.24) is 5.32 Å². The summed E-state index contributed by atoms with van der Waals surface area (Å²) in [4.78, 5) is 12.0.